The average molecular weight is 906 g/mol. The van der Waals surface area contributed by atoms with Crippen LogP contribution in [0.2, 0.25) is 20.1 Å². The Morgan fingerprint density at radius 3 is 1.93 bits per heavy atom. The number of benzene rings is 3. The van der Waals surface area contributed by atoms with Gasteiger partial charge in [-0.05, 0) is 112 Å². The van der Waals surface area contributed by atoms with Crippen molar-refractivity contribution in [2.45, 2.75) is 51.6 Å². The van der Waals surface area contributed by atoms with Crippen molar-refractivity contribution in [3.8, 4) is 0 Å². The molecule has 2 fully saturated rings. The Balaban J connectivity index is 0.000000173. The van der Waals surface area contributed by atoms with E-state index in [2.05, 4.69) is 47.2 Å². The summed E-state index contributed by atoms with van der Waals surface area (Å²) >= 11 is 25.0. The highest BCUT2D eigenvalue weighted by molar-refractivity contribution is 6.36. The van der Waals surface area contributed by atoms with Gasteiger partial charge in [0, 0.05) is 78.7 Å². The summed E-state index contributed by atoms with van der Waals surface area (Å²) < 4.78 is 14.0. The second kappa shape index (κ2) is 19.6. The maximum absolute atomic E-state index is 14.0. The van der Waals surface area contributed by atoms with Gasteiger partial charge in [-0.3, -0.25) is 14.5 Å². The molecule has 4 aliphatic heterocycles. The molecular weight excluding hydrogens is 859 g/mol. The number of carbonyl (C=O) groups excluding carboxylic acids is 2. The molecule has 318 valence electrons. The summed E-state index contributed by atoms with van der Waals surface area (Å²) in [6.45, 7) is 7.74. The molecule has 3 aromatic carbocycles. The van der Waals surface area contributed by atoms with Crippen LogP contribution in [0.4, 0.5) is 21.5 Å². The van der Waals surface area contributed by atoms with Crippen LogP contribution in [0.5, 0.6) is 0 Å². The molecule has 0 bridgehead atoms. The summed E-state index contributed by atoms with van der Waals surface area (Å²) in [5, 5.41) is 19.0. The number of aromatic nitrogens is 4. The number of ketones is 1. The lowest BCUT2D eigenvalue weighted by Crippen LogP contribution is -2.49. The molecule has 2 aromatic heterocycles. The molecule has 4 aliphatic rings. The molecule has 0 atom stereocenters. The summed E-state index contributed by atoms with van der Waals surface area (Å²) in [4.78, 5) is 36.4. The van der Waals surface area contributed by atoms with Crippen LogP contribution in [0.1, 0.15) is 69.2 Å². The van der Waals surface area contributed by atoms with Gasteiger partial charge in [0.1, 0.15) is 11.5 Å². The summed E-state index contributed by atoms with van der Waals surface area (Å²) in [7, 11) is 0. The number of fused-ring (bicyclic) bond motifs is 2. The van der Waals surface area contributed by atoms with E-state index in [0.29, 0.717) is 64.7 Å². The van der Waals surface area contributed by atoms with Crippen LogP contribution in [0, 0.1) is 5.82 Å². The van der Waals surface area contributed by atoms with E-state index >= 15 is 0 Å². The molecule has 0 saturated carbocycles. The first-order valence-electron chi connectivity index (χ1n) is 20.8. The van der Waals surface area contributed by atoms with E-state index in [1.807, 2.05) is 46.2 Å². The van der Waals surface area contributed by atoms with Gasteiger partial charge < -0.3 is 19.6 Å². The number of piperazine rings is 1. The normalized spacial score (nSPS) is 16.5. The number of hydrogen-bond donors (Lipinski definition) is 0. The van der Waals surface area contributed by atoms with Crippen molar-refractivity contribution in [2.75, 3.05) is 73.6 Å². The van der Waals surface area contributed by atoms with Crippen molar-refractivity contribution in [3.05, 3.63) is 133 Å². The minimum atomic E-state index is -0.503. The highest BCUT2D eigenvalue weighted by Gasteiger charge is 2.28. The fraction of sp³-hybridized carbons (Fsp3) is 0.378. The van der Waals surface area contributed by atoms with E-state index in [0.717, 1.165) is 112 Å². The van der Waals surface area contributed by atoms with Gasteiger partial charge in [0.25, 0.3) is 5.91 Å². The lowest BCUT2D eigenvalue weighted by atomic mass is 10.1. The third-order valence-corrected chi connectivity index (χ3v) is 13.0. The first-order chi connectivity index (χ1) is 29.6. The Morgan fingerprint density at radius 1 is 0.623 bits per heavy atom. The molecule has 1 amide bonds. The smallest absolute Gasteiger partial charge is 0.274 e. The fourth-order valence-corrected chi connectivity index (χ4v) is 9.23. The monoisotopic (exact) mass is 903 g/mol. The summed E-state index contributed by atoms with van der Waals surface area (Å²) in [5.41, 5.74) is 6.99. The summed E-state index contributed by atoms with van der Waals surface area (Å²) in [6.07, 6.45) is 5.85. The second-order valence-corrected chi connectivity index (χ2v) is 17.4. The Bertz CT molecular complexity index is 2380. The maximum Gasteiger partial charge on any atom is 0.274 e. The van der Waals surface area contributed by atoms with Crippen molar-refractivity contribution in [1.29, 1.82) is 0 Å². The quantitative estimate of drug-likeness (QED) is 0.105. The van der Waals surface area contributed by atoms with Crippen LogP contribution in [-0.2, 0) is 25.9 Å². The van der Waals surface area contributed by atoms with Crippen LogP contribution in [-0.4, -0.2) is 101 Å². The van der Waals surface area contributed by atoms with Crippen LogP contribution < -0.4 is 14.7 Å². The Hall–Kier alpha value is -4.59. The molecular formula is C45H46Cl4FN9O2. The van der Waals surface area contributed by atoms with Gasteiger partial charge in [0.15, 0.2) is 11.5 Å². The van der Waals surface area contributed by atoms with Crippen molar-refractivity contribution < 1.29 is 14.0 Å². The number of halogens is 5. The average Bonchev–Trinajstić information content (AvgIpc) is 3.81. The number of amides is 1. The topological polar surface area (TPSA) is 102 Å². The van der Waals surface area contributed by atoms with Crippen LogP contribution >= 0.6 is 46.4 Å². The van der Waals surface area contributed by atoms with E-state index in [1.165, 1.54) is 12.1 Å². The van der Waals surface area contributed by atoms with Crippen LogP contribution in [0.15, 0.2) is 72.8 Å². The van der Waals surface area contributed by atoms with Gasteiger partial charge in [-0.15, -0.1) is 10.2 Å². The zero-order valence-electron chi connectivity index (χ0n) is 33.7. The zero-order chi connectivity index (χ0) is 42.5. The van der Waals surface area contributed by atoms with Crippen molar-refractivity contribution in [3.63, 3.8) is 0 Å². The van der Waals surface area contributed by atoms with E-state index in [9.17, 15) is 14.0 Å². The molecule has 5 aromatic rings. The van der Waals surface area contributed by atoms with Gasteiger partial charge in [0.2, 0.25) is 0 Å². The standard InChI is InChI=1S/C25H24Cl2FN5O.C20H22Cl2N4O/c26-19-8-9-20(28)24(27)18(19)16-33-10-4-7-21-23(33)15-22(30-29-21)25(34)32-13-11-31(12-14-32)17-5-2-1-3-6-17;21-15-5-6-16(22)14(10-15)12-26-9-3-4-17-19(26)11-18(24-23-17)20(27)13-25-7-1-2-8-25/h1-3,5-6,8-9,15H,4,7,10-14,16H2;5-6,10-11H,1-4,7-9,12-13H2. The van der Waals surface area contributed by atoms with Crippen LogP contribution in [0.25, 0.3) is 0 Å². The SMILES string of the molecule is O=C(CN1CCCC1)c1cc2c(nn1)CCCN2Cc1cc(Cl)ccc1Cl.O=C(c1cc2c(nn1)CCCN2Cc1c(Cl)ccc(F)c1Cl)N1CCN(c2ccccc2)CC1. The van der Waals surface area contributed by atoms with Gasteiger partial charge in [-0.2, -0.15) is 10.2 Å². The molecule has 0 N–H and O–H groups in total. The van der Waals surface area contributed by atoms with E-state index in [4.69, 9.17) is 46.4 Å². The lowest BCUT2D eigenvalue weighted by Gasteiger charge is -2.36. The van der Waals surface area contributed by atoms with Gasteiger partial charge in [-0.25, -0.2) is 4.39 Å². The van der Waals surface area contributed by atoms with E-state index in [1.54, 1.807) is 12.1 Å². The predicted octanol–water partition coefficient (Wildman–Crippen LogP) is 8.85. The number of anilines is 3. The Morgan fingerprint density at radius 2 is 1.25 bits per heavy atom. The molecule has 0 radical (unpaired) electrons. The number of nitrogens with zero attached hydrogens (tertiary/aromatic N) is 9. The third-order valence-electron chi connectivity index (χ3n) is 11.7. The summed E-state index contributed by atoms with van der Waals surface area (Å²) in [6, 6.07) is 22.2. The lowest BCUT2D eigenvalue weighted by molar-refractivity contribution is 0.0739. The second-order valence-electron chi connectivity index (χ2n) is 15.8. The fourth-order valence-electron chi connectivity index (χ4n) is 8.37. The Labute approximate surface area is 375 Å². The summed E-state index contributed by atoms with van der Waals surface area (Å²) in [5.74, 6) is -0.592. The number of rotatable bonds is 9. The van der Waals surface area contributed by atoms with Crippen molar-refractivity contribution >= 4 is 75.2 Å². The van der Waals surface area contributed by atoms with Gasteiger partial charge >= 0.3 is 0 Å². The minimum absolute atomic E-state index is 0.0224. The number of aryl methyl sites for hydroxylation is 2. The first-order valence-corrected chi connectivity index (χ1v) is 22.3. The predicted molar refractivity (Wildman–Crippen MR) is 240 cm³/mol. The largest absolute Gasteiger partial charge is 0.368 e. The maximum atomic E-state index is 14.0. The number of hydrogen-bond acceptors (Lipinski definition) is 10. The third kappa shape index (κ3) is 10.2. The molecule has 11 nitrogen and oxygen atoms in total. The van der Waals surface area contributed by atoms with Crippen molar-refractivity contribution in [1.82, 2.24) is 30.2 Å². The molecule has 61 heavy (non-hydrogen) atoms. The number of para-hydroxylation sites is 1. The number of likely N-dealkylation sites (tertiary alicyclic amines) is 1. The minimum Gasteiger partial charge on any atom is -0.368 e. The number of Topliss-reactive ketones (excluding diaryl/α,β-unsaturated/α-hetero) is 1. The highest BCUT2D eigenvalue weighted by atomic mass is 35.5. The zero-order valence-corrected chi connectivity index (χ0v) is 36.7. The molecule has 16 heteroatoms. The molecule has 0 spiro atoms. The molecule has 6 heterocycles. The van der Waals surface area contributed by atoms with E-state index < -0.39 is 5.82 Å². The highest BCUT2D eigenvalue weighted by Crippen LogP contribution is 2.34. The molecule has 0 unspecified atom stereocenters. The first kappa shape index (κ1) is 43.1. The molecule has 0 aliphatic carbocycles. The van der Waals surface area contributed by atoms with E-state index in [-0.39, 0.29) is 16.7 Å². The van der Waals surface area contributed by atoms with Gasteiger partial charge in [0.05, 0.1) is 34.3 Å². The molecule has 9 rings (SSSR count). The Kier molecular flexibility index (Phi) is 13.9. The van der Waals surface area contributed by atoms with Crippen LogP contribution in [0.3, 0.4) is 0 Å². The molecule has 2 saturated heterocycles. The van der Waals surface area contributed by atoms with Gasteiger partial charge in [-0.1, -0.05) is 64.6 Å². The number of carbonyl (C=O) groups is 2. The van der Waals surface area contributed by atoms with Crippen molar-refractivity contribution in [2.24, 2.45) is 0 Å².